The highest BCUT2D eigenvalue weighted by atomic mass is 16.2. The van der Waals surface area contributed by atoms with Crippen LogP contribution in [0.3, 0.4) is 0 Å². The largest absolute Gasteiger partial charge is 0.338 e. The van der Waals surface area contributed by atoms with Gasteiger partial charge < -0.3 is 10.6 Å². The lowest BCUT2D eigenvalue weighted by molar-refractivity contribution is 0.0937. The molecule has 248 valence electrons. The maximum atomic E-state index is 13.2. The number of nitrogens with one attached hydrogen (secondary N) is 2. The topological polar surface area (TPSA) is 105 Å². The van der Waals surface area contributed by atoms with Gasteiger partial charge in [0, 0.05) is 35.3 Å². The summed E-state index contributed by atoms with van der Waals surface area (Å²) in [6.07, 6.45) is 5.56. The van der Waals surface area contributed by atoms with E-state index >= 15 is 0 Å². The molecule has 9 heteroatoms. The Morgan fingerprint density at radius 1 is 0.627 bits per heavy atom. The van der Waals surface area contributed by atoms with Gasteiger partial charge in [0.05, 0.1) is 40.6 Å². The highest BCUT2D eigenvalue weighted by molar-refractivity contribution is 6.16. The predicted octanol–water partition coefficient (Wildman–Crippen LogP) is 8.94. The summed E-state index contributed by atoms with van der Waals surface area (Å²) in [6.45, 7) is 3.97. The van der Waals surface area contributed by atoms with E-state index in [-0.39, 0.29) is 18.2 Å². The van der Waals surface area contributed by atoms with Crippen molar-refractivity contribution in [1.82, 2.24) is 19.5 Å². The molecule has 9 rings (SSSR count). The van der Waals surface area contributed by atoms with Gasteiger partial charge in [-0.2, -0.15) is 0 Å². The molecule has 7 aromatic rings. The van der Waals surface area contributed by atoms with E-state index in [1.165, 1.54) is 10.5 Å². The van der Waals surface area contributed by atoms with E-state index in [1.807, 2.05) is 61.5 Å². The van der Waals surface area contributed by atoms with Crippen LogP contribution in [-0.4, -0.2) is 37.8 Å². The Morgan fingerprint density at radius 2 is 1.20 bits per heavy atom. The molecule has 0 saturated heterocycles. The van der Waals surface area contributed by atoms with Gasteiger partial charge in [-0.1, -0.05) is 72.8 Å². The first-order chi connectivity index (χ1) is 25.0. The maximum absolute atomic E-state index is 13.2. The van der Waals surface area contributed by atoms with E-state index < -0.39 is 0 Å². The molecule has 0 aliphatic carbocycles. The lowest BCUT2D eigenvalue weighted by Gasteiger charge is -2.21. The molecule has 5 heterocycles. The molecule has 3 aromatic heterocycles. The van der Waals surface area contributed by atoms with Crippen LogP contribution < -0.4 is 15.5 Å². The first kappa shape index (κ1) is 31.4. The number of anilines is 5. The smallest absolute Gasteiger partial charge is 0.260 e. The quantitative estimate of drug-likeness (QED) is 0.181. The van der Waals surface area contributed by atoms with E-state index in [0.717, 1.165) is 45.4 Å². The van der Waals surface area contributed by atoms with Crippen molar-refractivity contribution in [3.05, 3.63) is 162 Å². The predicted molar refractivity (Wildman–Crippen MR) is 201 cm³/mol. The average molecular weight is 668 g/mol. The van der Waals surface area contributed by atoms with Crippen LogP contribution in [0.25, 0.3) is 28.3 Å². The highest BCUT2D eigenvalue weighted by Crippen LogP contribution is 2.39. The number of rotatable bonds is 4. The van der Waals surface area contributed by atoms with Crippen LogP contribution >= 0.6 is 0 Å². The minimum Gasteiger partial charge on any atom is -0.338 e. The van der Waals surface area contributed by atoms with E-state index in [4.69, 9.17) is 4.98 Å². The van der Waals surface area contributed by atoms with Gasteiger partial charge in [0.2, 0.25) is 0 Å². The summed E-state index contributed by atoms with van der Waals surface area (Å²) < 4.78 is 2.13. The summed E-state index contributed by atoms with van der Waals surface area (Å²) >= 11 is 0. The number of fused-ring (bicyclic) bond motifs is 7. The zero-order valence-electron chi connectivity index (χ0n) is 28.0. The first-order valence-corrected chi connectivity index (χ1v) is 16.7. The summed E-state index contributed by atoms with van der Waals surface area (Å²) in [7, 11) is 0. The molecule has 2 aliphatic heterocycles. The van der Waals surface area contributed by atoms with Crippen molar-refractivity contribution in [2.75, 3.05) is 22.1 Å². The number of carbonyl (C=O) groups is 2. The van der Waals surface area contributed by atoms with Crippen molar-refractivity contribution in [2.24, 2.45) is 0 Å². The van der Waals surface area contributed by atoms with E-state index in [1.54, 1.807) is 36.7 Å². The Hall–Kier alpha value is -6.87. The third-order valence-corrected chi connectivity index (χ3v) is 9.07. The molecule has 0 radical (unpaired) electrons. The van der Waals surface area contributed by atoms with Crippen molar-refractivity contribution in [2.45, 2.75) is 13.8 Å². The monoisotopic (exact) mass is 667 g/mol. The first-order valence-electron chi connectivity index (χ1n) is 16.7. The van der Waals surface area contributed by atoms with Crippen LogP contribution in [0.5, 0.6) is 0 Å². The SMILES string of the molecule is Cc1ccccc1-c1cn2c(n1)-c1ccccc1Nc1ncccc1-2.Cc1ccccc1C(=O)CN1C(=O)c2ccccc2Nc2ncccc21. The van der Waals surface area contributed by atoms with Gasteiger partial charge in [-0.25, -0.2) is 15.0 Å². The Morgan fingerprint density at radius 3 is 1.90 bits per heavy atom. The lowest BCUT2D eigenvalue weighted by atomic mass is 10.0. The molecular weight excluding hydrogens is 635 g/mol. The molecule has 1 amide bonds. The number of nitrogens with zero attached hydrogens (tertiary/aromatic N) is 5. The normalized spacial score (nSPS) is 12.2. The second-order valence-corrected chi connectivity index (χ2v) is 12.3. The van der Waals surface area contributed by atoms with Gasteiger partial charge in [0.25, 0.3) is 5.91 Å². The molecule has 4 aromatic carbocycles. The molecule has 9 nitrogen and oxygen atoms in total. The van der Waals surface area contributed by atoms with Crippen molar-refractivity contribution in [3.8, 4) is 28.3 Å². The number of carbonyl (C=O) groups excluding carboxylic acids is 2. The van der Waals surface area contributed by atoms with E-state index in [0.29, 0.717) is 28.3 Å². The molecule has 2 N–H and O–H groups in total. The Bertz CT molecular complexity index is 2390. The maximum Gasteiger partial charge on any atom is 0.260 e. The number of para-hydroxylation sites is 2. The zero-order valence-corrected chi connectivity index (χ0v) is 28.0. The summed E-state index contributed by atoms with van der Waals surface area (Å²) in [6, 6.07) is 38.8. The molecule has 0 fully saturated rings. The molecule has 0 spiro atoms. The number of Topliss-reactive ketones (excluding diaryl/α,β-unsaturated/α-hetero) is 1. The number of hydrogen-bond donors (Lipinski definition) is 2. The van der Waals surface area contributed by atoms with Gasteiger partial charge in [-0.15, -0.1) is 0 Å². The van der Waals surface area contributed by atoms with Crippen molar-refractivity contribution >= 4 is 40.4 Å². The number of aromatic nitrogens is 4. The van der Waals surface area contributed by atoms with Crippen LogP contribution in [0.1, 0.15) is 31.8 Å². The van der Waals surface area contributed by atoms with Crippen LogP contribution in [0, 0.1) is 13.8 Å². The van der Waals surface area contributed by atoms with Gasteiger partial charge in [0.1, 0.15) is 5.82 Å². The fraction of sp³-hybridized carbons (Fsp3) is 0.0714. The second-order valence-electron chi connectivity index (χ2n) is 12.3. The van der Waals surface area contributed by atoms with Gasteiger partial charge >= 0.3 is 0 Å². The van der Waals surface area contributed by atoms with Crippen LogP contribution in [0.4, 0.5) is 28.7 Å². The zero-order chi connectivity index (χ0) is 34.9. The van der Waals surface area contributed by atoms with Crippen molar-refractivity contribution in [3.63, 3.8) is 0 Å². The number of amides is 1. The van der Waals surface area contributed by atoms with Crippen LogP contribution in [0.2, 0.25) is 0 Å². The van der Waals surface area contributed by atoms with Gasteiger partial charge in [-0.3, -0.25) is 19.1 Å². The molecule has 0 saturated carbocycles. The third kappa shape index (κ3) is 5.91. The third-order valence-electron chi connectivity index (χ3n) is 9.07. The number of aryl methyl sites for hydroxylation is 2. The summed E-state index contributed by atoms with van der Waals surface area (Å²) in [5.41, 5.74) is 9.74. The second kappa shape index (κ2) is 13.2. The fourth-order valence-corrected chi connectivity index (χ4v) is 6.49. The van der Waals surface area contributed by atoms with Crippen molar-refractivity contribution < 1.29 is 9.59 Å². The van der Waals surface area contributed by atoms with Crippen molar-refractivity contribution in [1.29, 1.82) is 0 Å². The van der Waals surface area contributed by atoms with E-state index in [9.17, 15) is 9.59 Å². The number of ketones is 1. The Labute approximate surface area is 295 Å². The standard InChI is InChI=1S/C21H16N4.C21H17N3O2/c1-14-7-2-3-8-15(14)18-13-25-19-11-6-12-22-20(19)23-17-10-5-4-9-16(17)21(25)24-18;1-14-7-2-3-8-15(14)19(25)13-24-18-11-6-12-22-20(18)23-17-10-5-4-9-16(17)21(24)26/h2-13H,1H3,(H,22,23);2-12H,13H2,1H3,(H,22,23). The minimum absolute atomic E-state index is 0.0433. The summed E-state index contributed by atoms with van der Waals surface area (Å²) in [5.74, 6) is 1.99. The molecule has 51 heavy (non-hydrogen) atoms. The van der Waals surface area contributed by atoms with E-state index in [2.05, 4.69) is 80.8 Å². The number of hydrogen-bond acceptors (Lipinski definition) is 7. The minimum atomic E-state index is -0.221. The number of benzene rings is 4. The average Bonchev–Trinajstić information content (AvgIpc) is 3.49. The molecular formula is C42H33N7O2. The summed E-state index contributed by atoms with van der Waals surface area (Å²) in [5, 5.41) is 6.64. The highest BCUT2D eigenvalue weighted by Gasteiger charge is 2.29. The molecule has 0 unspecified atom stereocenters. The van der Waals surface area contributed by atoms with Crippen LogP contribution in [-0.2, 0) is 0 Å². The number of pyridine rings is 2. The fourth-order valence-electron chi connectivity index (χ4n) is 6.49. The molecule has 0 bridgehead atoms. The Balaban J connectivity index is 0.000000147. The Kier molecular flexibility index (Phi) is 8.13. The lowest BCUT2D eigenvalue weighted by Crippen LogP contribution is -2.35. The molecule has 0 atom stereocenters. The van der Waals surface area contributed by atoms with Gasteiger partial charge in [0.15, 0.2) is 17.4 Å². The number of imidazole rings is 1. The molecule has 2 aliphatic rings. The summed E-state index contributed by atoms with van der Waals surface area (Å²) in [4.78, 5) is 41.4. The van der Waals surface area contributed by atoms with Crippen LogP contribution in [0.15, 0.2) is 140 Å². The van der Waals surface area contributed by atoms with Gasteiger partial charge in [-0.05, 0) is 73.5 Å².